The van der Waals surface area contributed by atoms with Crippen molar-refractivity contribution in [2.24, 2.45) is 5.41 Å². The fourth-order valence-corrected chi connectivity index (χ4v) is 2.56. The van der Waals surface area contributed by atoms with Crippen LogP contribution in [0.2, 0.25) is 0 Å². The van der Waals surface area contributed by atoms with Gasteiger partial charge in [-0.1, -0.05) is 6.42 Å². The van der Waals surface area contributed by atoms with Crippen molar-refractivity contribution >= 4 is 0 Å². The van der Waals surface area contributed by atoms with Crippen molar-refractivity contribution in [3.63, 3.8) is 0 Å². The second-order valence-corrected chi connectivity index (χ2v) is 6.60. The zero-order chi connectivity index (χ0) is 13.6. The highest BCUT2D eigenvalue weighted by Gasteiger charge is 2.38. The van der Waals surface area contributed by atoms with Crippen LogP contribution in [-0.2, 0) is 0 Å². The van der Waals surface area contributed by atoms with Crippen molar-refractivity contribution in [1.82, 2.24) is 10.2 Å². The topological polar surface area (TPSA) is 39.1 Å². The molecule has 0 unspecified atom stereocenters. The zero-order valence-electron chi connectivity index (χ0n) is 12.6. The first-order valence-electron chi connectivity index (χ1n) is 7.21. The minimum atomic E-state index is -0.154. The van der Waals surface area contributed by atoms with Crippen molar-refractivity contribution in [3.8, 4) is 6.07 Å². The molecule has 0 aliphatic heterocycles. The molecule has 0 amide bonds. The zero-order valence-corrected chi connectivity index (χ0v) is 12.6. The van der Waals surface area contributed by atoms with E-state index >= 15 is 0 Å². The number of unbranched alkanes of at least 4 members (excludes halogenated alkanes) is 1. The summed E-state index contributed by atoms with van der Waals surface area (Å²) in [5.41, 5.74) is 0.269. The van der Waals surface area contributed by atoms with E-state index in [9.17, 15) is 0 Å². The van der Waals surface area contributed by atoms with E-state index in [1.54, 1.807) is 0 Å². The number of nitriles is 1. The summed E-state index contributed by atoms with van der Waals surface area (Å²) in [4.78, 5) is 2.38. The first kappa shape index (κ1) is 15.5. The highest BCUT2D eigenvalue weighted by Crippen LogP contribution is 2.35. The van der Waals surface area contributed by atoms with E-state index in [1.165, 1.54) is 25.7 Å². The summed E-state index contributed by atoms with van der Waals surface area (Å²) in [5.74, 6) is 0. The maximum atomic E-state index is 8.93. The van der Waals surface area contributed by atoms with Gasteiger partial charge < -0.3 is 10.2 Å². The molecule has 0 aromatic rings. The Morgan fingerprint density at radius 1 is 1.28 bits per heavy atom. The van der Waals surface area contributed by atoms with E-state index in [4.69, 9.17) is 5.26 Å². The summed E-state index contributed by atoms with van der Waals surface area (Å²) in [6.07, 6.45) is 7.35. The van der Waals surface area contributed by atoms with E-state index in [-0.39, 0.29) is 5.41 Å². The molecule has 0 radical (unpaired) electrons. The molecule has 3 heteroatoms. The smallest absolute Gasteiger partial charge is 0.0683 e. The quantitative estimate of drug-likeness (QED) is 0.674. The second kappa shape index (κ2) is 6.54. The molecule has 0 spiro atoms. The summed E-state index contributed by atoms with van der Waals surface area (Å²) in [5, 5.41) is 12.5. The van der Waals surface area contributed by atoms with E-state index in [1.807, 2.05) is 13.8 Å². The van der Waals surface area contributed by atoms with Gasteiger partial charge >= 0.3 is 0 Å². The van der Waals surface area contributed by atoms with E-state index in [0.29, 0.717) is 5.54 Å². The molecule has 1 aliphatic carbocycles. The molecular weight excluding hydrogens is 222 g/mol. The van der Waals surface area contributed by atoms with Crippen LogP contribution in [0.4, 0.5) is 0 Å². The van der Waals surface area contributed by atoms with Crippen molar-refractivity contribution in [2.45, 2.75) is 57.9 Å². The van der Waals surface area contributed by atoms with Crippen LogP contribution in [0.5, 0.6) is 0 Å². The lowest BCUT2D eigenvalue weighted by molar-refractivity contribution is 0.0602. The van der Waals surface area contributed by atoms with E-state index < -0.39 is 0 Å². The fraction of sp³-hybridized carbons (Fsp3) is 0.933. The first-order chi connectivity index (χ1) is 8.42. The SMILES string of the molecule is CN(C)C1(CNCCCCC(C)(C)C#N)CCC1. The van der Waals surface area contributed by atoms with Crippen LogP contribution >= 0.6 is 0 Å². The molecule has 1 rings (SSSR count). The first-order valence-corrected chi connectivity index (χ1v) is 7.21. The van der Waals surface area contributed by atoms with E-state index in [2.05, 4.69) is 30.4 Å². The lowest BCUT2D eigenvalue weighted by atomic mass is 9.75. The minimum absolute atomic E-state index is 0.154. The Hall–Kier alpha value is -0.590. The molecule has 1 saturated carbocycles. The average Bonchev–Trinajstić information content (AvgIpc) is 2.25. The van der Waals surface area contributed by atoms with E-state index in [0.717, 1.165) is 25.9 Å². The van der Waals surface area contributed by atoms with Crippen LogP contribution in [0.25, 0.3) is 0 Å². The number of nitrogens with zero attached hydrogens (tertiary/aromatic N) is 2. The molecule has 0 bridgehead atoms. The predicted molar refractivity (Wildman–Crippen MR) is 76.4 cm³/mol. The Morgan fingerprint density at radius 3 is 2.39 bits per heavy atom. The van der Waals surface area contributed by atoms with Crippen molar-refractivity contribution < 1.29 is 0 Å². The third-order valence-electron chi connectivity index (χ3n) is 4.40. The highest BCUT2D eigenvalue weighted by atomic mass is 15.2. The van der Waals surface area contributed by atoms with Crippen molar-refractivity contribution in [2.75, 3.05) is 27.2 Å². The Kier molecular flexibility index (Phi) is 5.62. The minimum Gasteiger partial charge on any atom is -0.315 e. The lowest BCUT2D eigenvalue weighted by Crippen LogP contribution is -2.56. The largest absolute Gasteiger partial charge is 0.315 e. The number of rotatable bonds is 8. The van der Waals surface area contributed by atoms with Gasteiger partial charge in [-0.2, -0.15) is 5.26 Å². The predicted octanol–water partition coefficient (Wildman–Crippen LogP) is 2.78. The van der Waals surface area contributed by atoms with Gasteiger partial charge in [0.1, 0.15) is 0 Å². The normalized spacial score (nSPS) is 18.4. The Bertz CT molecular complexity index is 285. The van der Waals surface area contributed by atoms with Crippen LogP contribution in [0.1, 0.15) is 52.4 Å². The molecule has 0 atom stereocenters. The number of likely N-dealkylation sites (N-methyl/N-ethyl adjacent to an activating group) is 1. The monoisotopic (exact) mass is 251 g/mol. The highest BCUT2D eigenvalue weighted by molar-refractivity contribution is 4.97. The molecule has 0 aromatic heterocycles. The molecule has 3 nitrogen and oxygen atoms in total. The van der Waals surface area contributed by atoms with Gasteiger partial charge in [0.2, 0.25) is 0 Å². The summed E-state index contributed by atoms with van der Waals surface area (Å²) >= 11 is 0. The maximum Gasteiger partial charge on any atom is 0.0683 e. The van der Waals surface area contributed by atoms with Gasteiger partial charge in [0.25, 0.3) is 0 Å². The molecule has 0 aromatic carbocycles. The van der Waals surface area contributed by atoms with Gasteiger partial charge in [0.05, 0.1) is 11.5 Å². The van der Waals surface area contributed by atoms with Gasteiger partial charge in [0, 0.05) is 12.1 Å². The molecule has 1 N–H and O–H groups in total. The summed E-state index contributed by atoms with van der Waals surface area (Å²) in [7, 11) is 4.38. The molecule has 18 heavy (non-hydrogen) atoms. The van der Waals surface area contributed by atoms with Crippen LogP contribution in [0.3, 0.4) is 0 Å². The summed E-state index contributed by atoms with van der Waals surface area (Å²) in [6.45, 7) is 6.24. The number of nitrogens with one attached hydrogen (secondary N) is 1. The Morgan fingerprint density at radius 2 is 1.94 bits per heavy atom. The summed E-state index contributed by atoms with van der Waals surface area (Å²) < 4.78 is 0. The van der Waals surface area contributed by atoms with Crippen LogP contribution in [-0.4, -0.2) is 37.6 Å². The Balaban J connectivity index is 2.07. The van der Waals surface area contributed by atoms with Crippen LogP contribution < -0.4 is 5.32 Å². The van der Waals surface area contributed by atoms with Gasteiger partial charge in [-0.05, 0) is 66.6 Å². The van der Waals surface area contributed by atoms with Gasteiger partial charge in [-0.25, -0.2) is 0 Å². The number of hydrogen-bond acceptors (Lipinski definition) is 3. The average molecular weight is 251 g/mol. The Labute approximate surface area is 113 Å². The molecule has 1 fully saturated rings. The van der Waals surface area contributed by atoms with Gasteiger partial charge in [-0.15, -0.1) is 0 Å². The van der Waals surface area contributed by atoms with Crippen LogP contribution in [0, 0.1) is 16.7 Å². The third kappa shape index (κ3) is 4.26. The summed E-state index contributed by atoms with van der Waals surface area (Å²) in [6, 6.07) is 2.36. The lowest BCUT2D eigenvalue weighted by Gasteiger charge is -2.47. The van der Waals surface area contributed by atoms with Gasteiger partial charge in [0.15, 0.2) is 0 Å². The van der Waals surface area contributed by atoms with Crippen LogP contribution in [0.15, 0.2) is 0 Å². The molecular formula is C15H29N3. The third-order valence-corrected chi connectivity index (χ3v) is 4.40. The standard InChI is InChI=1S/C15H29N3/c1-14(2,12-16)8-5-6-11-17-13-15(18(3)4)9-7-10-15/h17H,5-11,13H2,1-4H3. The molecule has 104 valence electrons. The molecule has 0 saturated heterocycles. The molecule has 0 heterocycles. The number of hydrogen-bond donors (Lipinski definition) is 1. The second-order valence-electron chi connectivity index (χ2n) is 6.60. The maximum absolute atomic E-state index is 8.93. The fourth-order valence-electron chi connectivity index (χ4n) is 2.56. The van der Waals surface area contributed by atoms with Crippen molar-refractivity contribution in [1.29, 1.82) is 5.26 Å². The van der Waals surface area contributed by atoms with Gasteiger partial charge in [-0.3, -0.25) is 0 Å². The van der Waals surface area contributed by atoms with Crippen molar-refractivity contribution in [3.05, 3.63) is 0 Å². The molecule has 1 aliphatic rings.